The third-order valence-corrected chi connectivity index (χ3v) is 4.01. The minimum absolute atomic E-state index is 0.0107. The molecule has 1 aliphatic rings. The lowest BCUT2D eigenvalue weighted by Crippen LogP contribution is -2.47. The van der Waals surface area contributed by atoms with E-state index in [1.807, 2.05) is 30.9 Å². The maximum absolute atomic E-state index is 12.2. The quantitative estimate of drug-likeness (QED) is 0.779. The van der Waals surface area contributed by atoms with E-state index in [4.69, 9.17) is 8.94 Å². The molecule has 1 saturated heterocycles. The van der Waals surface area contributed by atoms with Gasteiger partial charge in [-0.1, -0.05) is 12.1 Å². The fourth-order valence-corrected chi connectivity index (χ4v) is 2.63. The van der Waals surface area contributed by atoms with Gasteiger partial charge >= 0.3 is 0 Å². The molecular weight excluding hydrogens is 308 g/mol. The van der Waals surface area contributed by atoms with Crippen LogP contribution in [-0.4, -0.2) is 52.0 Å². The van der Waals surface area contributed by atoms with Crippen molar-refractivity contribution in [3.05, 3.63) is 41.4 Å². The number of amides is 1. The van der Waals surface area contributed by atoms with E-state index in [1.165, 1.54) is 0 Å². The fourth-order valence-electron chi connectivity index (χ4n) is 2.63. The van der Waals surface area contributed by atoms with Crippen LogP contribution in [0.25, 0.3) is 6.08 Å². The number of furan rings is 1. The van der Waals surface area contributed by atoms with Crippen molar-refractivity contribution >= 4 is 12.0 Å². The highest BCUT2D eigenvalue weighted by Gasteiger charge is 2.21. The Morgan fingerprint density at radius 2 is 2.08 bits per heavy atom. The minimum Gasteiger partial charge on any atom is -0.462 e. The molecule has 0 spiro atoms. The van der Waals surface area contributed by atoms with Crippen molar-refractivity contribution in [2.24, 2.45) is 0 Å². The Balaban J connectivity index is 1.47. The van der Waals surface area contributed by atoms with Gasteiger partial charge in [-0.3, -0.25) is 9.69 Å². The van der Waals surface area contributed by atoms with Crippen molar-refractivity contribution < 1.29 is 13.7 Å². The SMILES string of the molecule is CCc1nc(CN2CCN(C(=O)/C=C/c3ccc(C)o3)CC2)no1. The molecule has 1 aliphatic heterocycles. The molecule has 2 aromatic heterocycles. The smallest absolute Gasteiger partial charge is 0.246 e. The van der Waals surface area contributed by atoms with Crippen LogP contribution in [-0.2, 0) is 17.8 Å². The zero-order valence-electron chi connectivity index (χ0n) is 14.1. The van der Waals surface area contributed by atoms with Gasteiger partial charge in [0.2, 0.25) is 11.8 Å². The topological polar surface area (TPSA) is 75.6 Å². The second kappa shape index (κ2) is 7.44. The zero-order valence-corrected chi connectivity index (χ0v) is 14.1. The van der Waals surface area contributed by atoms with E-state index in [2.05, 4.69) is 15.0 Å². The molecule has 1 amide bonds. The summed E-state index contributed by atoms with van der Waals surface area (Å²) < 4.78 is 10.5. The number of piperazine rings is 1. The average molecular weight is 330 g/mol. The Kier molecular flexibility index (Phi) is 5.10. The number of rotatable bonds is 5. The Bertz CT molecular complexity index is 711. The van der Waals surface area contributed by atoms with Gasteiger partial charge in [0.25, 0.3) is 0 Å². The monoisotopic (exact) mass is 330 g/mol. The van der Waals surface area contributed by atoms with Gasteiger partial charge in [0.05, 0.1) is 6.54 Å². The predicted molar refractivity (Wildman–Crippen MR) is 88.0 cm³/mol. The van der Waals surface area contributed by atoms with Crippen LogP contribution in [0.1, 0.15) is 30.2 Å². The maximum Gasteiger partial charge on any atom is 0.246 e. The predicted octanol–water partition coefficient (Wildman–Crippen LogP) is 1.89. The second-order valence-electron chi connectivity index (χ2n) is 5.84. The van der Waals surface area contributed by atoms with Crippen LogP contribution in [0.15, 0.2) is 27.1 Å². The molecule has 128 valence electrons. The highest BCUT2D eigenvalue weighted by molar-refractivity contribution is 5.91. The Morgan fingerprint density at radius 3 is 2.71 bits per heavy atom. The van der Waals surface area contributed by atoms with E-state index >= 15 is 0 Å². The molecule has 3 heterocycles. The van der Waals surface area contributed by atoms with E-state index < -0.39 is 0 Å². The van der Waals surface area contributed by atoms with Crippen LogP contribution in [0.5, 0.6) is 0 Å². The normalized spacial score (nSPS) is 16.2. The maximum atomic E-state index is 12.2. The van der Waals surface area contributed by atoms with Crippen LogP contribution in [0, 0.1) is 6.92 Å². The molecular formula is C17H22N4O3. The highest BCUT2D eigenvalue weighted by atomic mass is 16.5. The molecule has 3 rings (SSSR count). The van der Waals surface area contributed by atoms with E-state index in [9.17, 15) is 4.79 Å². The van der Waals surface area contributed by atoms with Crippen LogP contribution >= 0.6 is 0 Å². The van der Waals surface area contributed by atoms with Crippen molar-refractivity contribution in [3.63, 3.8) is 0 Å². The third-order valence-electron chi connectivity index (χ3n) is 4.01. The molecule has 0 N–H and O–H groups in total. The number of carbonyl (C=O) groups excluding carboxylic acids is 1. The first-order valence-electron chi connectivity index (χ1n) is 8.21. The summed E-state index contributed by atoms with van der Waals surface area (Å²) in [4.78, 5) is 20.6. The fraction of sp³-hybridized carbons (Fsp3) is 0.471. The first-order chi connectivity index (χ1) is 11.6. The highest BCUT2D eigenvalue weighted by Crippen LogP contribution is 2.10. The van der Waals surface area contributed by atoms with Crippen LogP contribution in [0.3, 0.4) is 0 Å². The van der Waals surface area contributed by atoms with Crippen molar-refractivity contribution in [2.75, 3.05) is 26.2 Å². The number of nitrogens with zero attached hydrogens (tertiary/aromatic N) is 4. The van der Waals surface area contributed by atoms with Crippen LogP contribution in [0.4, 0.5) is 0 Å². The lowest BCUT2D eigenvalue weighted by Gasteiger charge is -2.33. The Morgan fingerprint density at radius 1 is 1.29 bits per heavy atom. The largest absolute Gasteiger partial charge is 0.462 e. The molecule has 0 aliphatic carbocycles. The molecule has 24 heavy (non-hydrogen) atoms. The zero-order chi connectivity index (χ0) is 16.9. The number of hydrogen-bond donors (Lipinski definition) is 0. The average Bonchev–Trinajstić information content (AvgIpc) is 3.22. The number of carbonyl (C=O) groups is 1. The van der Waals surface area contributed by atoms with Gasteiger partial charge in [-0.25, -0.2) is 0 Å². The molecule has 0 aromatic carbocycles. The van der Waals surface area contributed by atoms with Gasteiger partial charge in [0, 0.05) is 38.7 Å². The van der Waals surface area contributed by atoms with Crippen molar-refractivity contribution in [1.82, 2.24) is 19.9 Å². The van der Waals surface area contributed by atoms with Gasteiger partial charge in [-0.2, -0.15) is 4.98 Å². The summed E-state index contributed by atoms with van der Waals surface area (Å²) in [5.41, 5.74) is 0. The molecule has 0 atom stereocenters. The number of aryl methyl sites for hydroxylation is 2. The summed E-state index contributed by atoms with van der Waals surface area (Å²) in [6.07, 6.45) is 4.03. The van der Waals surface area contributed by atoms with Crippen LogP contribution in [0.2, 0.25) is 0 Å². The lowest BCUT2D eigenvalue weighted by molar-refractivity contribution is -0.127. The van der Waals surface area contributed by atoms with E-state index in [0.717, 1.165) is 25.3 Å². The van der Waals surface area contributed by atoms with Gasteiger partial charge in [0.1, 0.15) is 11.5 Å². The first-order valence-corrected chi connectivity index (χ1v) is 8.21. The van der Waals surface area contributed by atoms with Gasteiger partial charge in [0.15, 0.2) is 5.82 Å². The molecule has 0 unspecified atom stereocenters. The Hall–Kier alpha value is -2.41. The molecule has 7 heteroatoms. The summed E-state index contributed by atoms with van der Waals surface area (Å²) >= 11 is 0. The molecule has 1 fully saturated rings. The van der Waals surface area contributed by atoms with Gasteiger partial charge in [-0.05, 0) is 25.1 Å². The van der Waals surface area contributed by atoms with E-state index in [0.29, 0.717) is 37.1 Å². The van der Waals surface area contributed by atoms with E-state index in [-0.39, 0.29) is 5.91 Å². The molecule has 0 bridgehead atoms. The Labute approximate surface area is 140 Å². The number of aromatic nitrogens is 2. The first kappa shape index (κ1) is 16.4. The van der Waals surface area contributed by atoms with Crippen molar-refractivity contribution in [3.8, 4) is 0 Å². The standard InChI is InChI=1S/C17H22N4O3/c1-3-16-18-15(19-24-16)12-20-8-10-21(11-9-20)17(22)7-6-14-5-4-13(2)23-14/h4-7H,3,8-12H2,1-2H3/b7-6+. The minimum atomic E-state index is 0.0107. The summed E-state index contributed by atoms with van der Waals surface area (Å²) in [7, 11) is 0. The summed E-state index contributed by atoms with van der Waals surface area (Å²) in [5.74, 6) is 2.92. The van der Waals surface area contributed by atoms with Crippen molar-refractivity contribution in [2.45, 2.75) is 26.8 Å². The van der Waals surface area contributed by atoms with E-state index in [1.54, 1.807) is 12.2 Å². The van der Waals surface area contributed by atoms with Crippen molar-refractivity contribution in [1.29, 1.82) is 0 Å². The van der Waals surface area contributed by atoms with Gasteiger partial charge < -0.3 is 13.8 Å². The lowest BCUT2D eigenvalue weighted by atomic mass is 10.3. The summed E-state index contributed by atoms with van der Waals surface area (Å²) in [6.45, 7) is 7.51. The third kappa shape index (κ3) is 4.11. The molecule has 0 radical (unpaired) electrons. The summed E-state index contributed by atoms with van der Waals surface area (Å²) in [5, 5.41) is 3.97. The molecule has 0 saturated carbocycles. The summed E-state index contributed by atoms with van der Waals surface area (Å²) in [6, 6.07) is 3.73. The second-order valence-corrected chi connectivity index (χ2v) is 5.84. The molecule has 2 aromatic rings. The molecule has 7 nitrogen and oxygen atoms in total. The number of hydrogen-bond acceptors (Lipinski definition) is 6. The van der Waals surface area contributed by atoms with Crippen LogP contribution < -0.4 is 0 Å². The van der Waals surface area contributed by atoms with Gasteiger partial charge in [-0.15, -0.1) is 0 Å².